The normalized spacial score (nSPS) is 15.9. The monoisotopic (exact) mass is 413 g/mol. The number of amides is 1. The van der Waals surface area contributed by atoms with Crippen molar-refractivity contribution in [3.05, 3.63) is 40.8 Å². The smallest absolute Gasteiger partial charge is 0.475 e. The predicted octanol–water partition coefficient (Wildman–Crippen LogP) is 3.01. The Labute approximate surface area is 164 Å². The number of hydrogen-bond donors (Lipinski definition) is 4. The molecule has 10 heteroatoms. The van der Waals surface area contributed by atoms with Crippen molar-refractivity contribution >= 4 is 28.3 Å². The highest BCUT2D eigenvalue weighted by Crippen LogP contribution is 2.27. The van der Waals surface area contributed by atoms with E-state index in [1.807, 2.05) is 0 Å². The molecule has 5 N–H and O–H groups in total. The highest BCUT2D eigenvalue weighted by atomic mass is 19.4. The van der Waals surface area contributed by atoms with E-state index in [-0.39, 0.29) is 17.4 Å². The third-order valence-electron chi connectivity index (χ3n) is 4.78. The molecule has 158 valence electrons. The van der Waals surface area contributed by atoms with Crippen molar-refractivity contribution in [3.8, 4) is 0 Å². The quantitative estimate of drug-likeness (QED) is 0.616. The number of benzene rings is 1. The summed E-state index contributed by atoms with van der Waals surface area (Å²) >= 11 is 0. The molecule has 0 bridgehead atoms. The lowest BCUT2D eigenvalue weighted by molar-refractivity contribution is -0.192. The van der Waals surface area contributed by atoms with Gasteiger partial charge < -0.3 is 21.1 Å². The number of carbonyl (C=O) groups excluding carboxylic acids is 1. The molecule has 0 unspecified atom stereocenters. The van der Waals surface area contributed by atoms with E-state index < -0.39 is 18.2 Å². The molecule has 2 aromatic rings. The second kappa shape index (κ2) is 9.55. The van der Waals surface area contributed by atoms with Gasteiger partial charge >= 0.3 is 12.1 Å². The van der Waals surface area contributed by atoms with Crippen LogP contribution in [0.4, 0.5) is 18.9 Å². The van der Waals surface area contributed by atoms with Gasteiger partial charge in [-0.15, -0.1) is 0 Å². The van der Waals surface area contributed by atoms with E-state index in [1.54, 1.807) is 30.5 Å². The van der Waals surface area contributed by atoms with Crippen molar-refractivity contribution in [2.75, 3.05) is 5.32 Å². The summed E-state index contributed by atoms with van der Waals surface area (Å²) in [6.07, 6.45) is 2.07. The Morgan fingerprint density at radius 2 is 1.76 bits per heavy atom. The number of alkyl halides is 3. The average molecular weight is 413 g/mol. The van der Waals surface area contributed by atoms with Gasteiger partial charge in [0.15, 0.2) is 0 Å². The Morgan fingerprint density at radius 1 is 1.14 bits per heavy atom. The number of carboxylic acid groups (broad SMARTS) is 1. The molecule has 1 aromatic carbocycles. The minimum Gasteiger partial charge on any atom is -0.475 e. The van der Waals surface area contributed by atoms with Crippen LogP contribution in [0.1, 0.15) is 32.1 Å². The highest BCUT2D eigenvalue weighted by Gasteiger charge is 2.38. The van der Waals surface area contributed by atoms with Crippen LogP contribution < -0.4 is 16.6 Å². The molecule has 1 amide bonds. The van der Waals surface area contributed by atoms with E-state index in [9.17, 15) is 22.8 Å². The van der Waals surface area contributed by atoms with E-state index in [4.69, 9.17) is 15.6 Å². The molecule has 0 radical (unpaired) electrons. The van der Waals surface area contributed by atoms with Crippen LogP contribution in [0.15, 0.2) is 35.3 Å². The molecule has 1 heterocycles. The number of nitrogens with two attached hydrogens (primary N) is 1. The maximum Gasteiger partial charge on any atom is 0.490 e. The van der Waals surface area contributed by atoms with Gasteiger partial charge in [-0.1, -0.05) is 25.3 Å². The number of halogens is 3. The van der Waals surface area contributed by atoms with Crippen LogP contribution >= 0.6 is 0 Å². The highest BCUT2D eigenvalue weighted by molar-refractivity contribution is 6.03. The van der Waals surface area contributed by atoms with Crippen LogP contribution in [0.2, 0.25) is 0 Å². The number of H-pyrrole nitrogens is 1. The van der Waals surface area contributed by atoms with Gasteiger partial charge in [0, 0.05) is 22.7 Å². The second-order valence-corrected chi connectivity index (χ2v) is 6.79. The van der Waals surface area contributed by atoms with Crippen molar-refractivity contribution in [2.24, 2.45) is 11.7 Å². The summed E-state index contributed by atoms with van der Waals surface area (Å²) < 4.78 is 31.7. The molecule has 3 rings (SSSR count). The molecule has 0 spiro atoms. The van der Waals surface area contributed by atoms with E-state index in [2.05, 4.69) is 10.3 Å². The minimum atomic E-state index is -5.08. The Kier molecular flexibility index (Phi) is 7.38. The predicted molar refractivity (Wildman–Crippen MR) is 101 cm³/mol. The lowest BCUT2D eigenvalue weighted by Gasteiger charge is -2.26. The number of aromatic amines is 1. The number of aromatic nitrogens is 1. The van der Waals surface area contributed by atoms with Gasteiger partial charge in [0.05, 0.1) is 6.04 Å². The summed E-state index contributed by atoms with van der Waals surface area (Å²) in [4.78, 5) is 35.8. The van der Waals surface area contributed by atoms with E-state index in [0.29, 0.717) is 11.1 Å². The molecule has 7 nitrogen and oxygen atoms in total. The zero-order valence-corrected chi connectivity index (χ0v) is 15.5. The Balaban J connectivity index is 0.000000370. The van der Waals surface area contributed by atoms with Crippen molar-refractivity contribution in [1.82, 2.24) is 4.98 Å². The fourth-order valence-electron chi connectivity index (χ4n) is 3.25. The van der Waals surface area contributed by atoms with Crippen LogP contribution in [0.5, 0.6) is 0 Å². The van der Waals surface area contributed by atoms with Crippen molar-refractivity contribution in [1.29, 1.82) is 0 Å². The zero-order valence-electron chi connectivity index (χ0n) is 15.5. The molecule has 1 saturated carbocycles. The minimum absolute atomic E-state index is 0.162. The topological polar surface area (TPSA) is 125 Å². The number of carboxylic acids is 1. The maximum atomic E-state index is 12.4. The number of aliphatic carboxylic acids is 1. The Hall–Kier alpha value is -2.88. The number of hydrogen-bond acceptors (Lipinski definition) is 4. The first-order valence-electron chi connectivity index (χ1n) is 9.08. The molecule has 1 aliphatic carbocycles. The van der Waals surface area contributed by atoms with Gasteiger partial charge in [0.2, 0.25) is 5.91 Å². The molecule has 1 aromatic heterocycles. The fourth-order valence-corrected chi connectivity index (χ4v) is 3.25. The molecule has 1 aliphatic rings. The summed E-state index contributed by atoms with van der Waals surface area (Å²) in [7, 11) is 0. The zero-order chi connectivity index (χ0) is 21.6. The molecule has 0 aliphatic heterocycles. The summed E-state index contributed by atoms with van der Waals surface area (Å²) in [5.74, 6) is -2.67. The maximum absolute atomic E-state index is 12.4. The average Bonchev–Trinajstić information content (AvgIpc) is 2.68. The largest absolute Gasteiger partial charge is 0.490 e. The van der Waals surface area contributed by atoms with Crippen molar-refractivity contribution in [2.45, 2.75) is 44.3 Å². The number of nitrogens with one attached hydrogen (secondary N) is 2. The fraction of sp³-hybridized carbons (Fsp3) is 0.421. The lowest BCUT2D eigenvalue weighted by atomic mass is 9.84. The van der Waals surface area contributed by atoms with E-state index >= 15 is 0 Å². The first-order valence-corrected chi connectivity index (χ1v) is 9.08. The summed E-state index contributed by atoms with van der Waals surface area (Å²) in [6, 6.07) is 6.60. The van der Waals surface area contributed by atoms with Gasteiger partial charge in [-0.05, 0) is 37.0 Å². The molecule has 1 fully saturated rings. The van der Waals surface area contributed by atoms with Crippen LogP contribution in [-0.2, 0) is 9.59 Å². The van der Waals surface area contributed by atoms with Crippen LogP contribution in [0.25, 0.3) is 10.8 Å². The second-order valence-electron chi connectivity index (χ2n) is 6.79. The van der Waals surface area contributed by atoms with Crippen molar-refractivity contribution < 1.29 is 27.9 Å². The van der Waals surface area contributed by atoms with E-state index in [1.165, 1.54) is 6.42 Å². The number of carbonyl (C=O) groups is 2. The first-order chi connectivity index (χ1) is 13.6. The number of pyridine rings is 1. The molecule has 0 saturated heterocycles. The van der Waals surface area contributed by atoms with Gasteiger partial charge in [-0.3, -0.25) is 9.59 Å². The van der Waals surface area contributed by atoms with Gasteiger partial charge in [0.25, 0.3) is 5.56 Å². The third-order valence-corrected chi connectivity index (χ3v) is 4.78. The SMILES string of the molecule is N[C@H](C(=O)Nc1cccc2c(=O)[nH]ccc12)C1CCCCC1.O=C(O)C(F)(F)F. The van der Waals surface area contributed by atoms with E-state index in [0.717, 1.165) is 31.1 Å². The molecular formula is C19H22F3N3O4. The lowest BCUT2D eigenvalue weighted by Crippen LogP contribution is -2.42. The third kappa shape index (κ3) is 6.05. The van der Waals surface area contributed by atoms with Crippen LogP contribution in [-0.4, -0.2) is 34.2 Å². The molecule has 1 atom stereocenters. The summed E-state index contributed by atoms with van der Waals surface area (Å²) in [6.45, 7) is 0. The standard InChI is InChI=1S/C17H21N3O2.C2HF3O2/c18-15(11-5-2-1-3-6-11)17(22)20-14-8-4-7-13-12(14)9-10-19-16(13)21;3-2(4,5)1(6)7/h4,7-11,15H,1-3,5-6,18H2,(H,19,21)(H,20,22);(H,6,7)/t15-;/m0./s1. The summed E-state index contributed by atoms with van der Waals surface area (Å²) in [5, 5.41) is 11.3. The molecular weight excluding hydrogens is 391 g/mol. The number of fused-ring (bicyclic) bond motifs is 1. The summed E-state index contributed by atoms with van der Waals surface area (Å²) in [5.41, 5.74) is 6.61. The van der Waals surface area contributed by atoms with Crippen LogP contribution in [0.3, 0.4) is 0 Å². The van der Waals surface area contributed by atoms with Gasteiger partial charge in [0.1, 0.15) is 0 Å². The number of rotatable bonds is 3. The number of anilines is 1. The van der Waals surface area contributed by atoms with Gasteiger partial charge in [-0.25, -0.2) is 4.79 Å². The first kappa shape index (κ1) is 22.4. The molecule has 29 heavy (non-hydrogen) atoms. The van der Waals surface area contributed by atoms with Crippen molar-refractivity contribution in [3.63, 3.8) is 0 Å². The van der Waals surface area contributed by atoms with Gasteiger partial charge in [-0.2, -0.15) is 13.2 Å². The Bertz CT molecular complexity index is 921. The van der Waals surface area contributed by atoms with Crippen LogP contribution in [0, 0.1) is 5.92 Å². The Morgan fingerprint density at radius 3 is 2.34 bits per heavy atom.